The first-order valence-corrected chi connectivity index (χ1v) is 13.8. The lowest BCUT2D eigenvalue weighted by atomic mass is 10.2. The van der Waals surface area contributed by atoms with E-state index < -0.39 is 0 Å². The quantitative estimate of drug-likeness (QED) is 0.166. The van der Waals surface area contributed by atoms with Gasteiger partial charge in [-0.1, -0.05) is 12.1 Å². The highest BCUT2D eigenvalue weighted by molar-refractivity contribution is 14.1. The Balaban J connectivity index is 1.44. The molecular formula is C28H22I2N6O2. The van der Waals surface area contributed by atoms with Gasteiger partial charge in [0, 0.05) is 31.0 Å². The average molecular weight is 728 g/mol. The van der Waals surface area contributed by atoms with Crippen molar-refractivity contribution in [2.45, 2.75) is 13.8 Å². The van der Waals surface area contributed by atoms with Crippen molar-refractivity contribution < 1.29 is 0 Å². The van der Waals surface area contributed by atoms with Crippen LogP contribution in [0, 0.1) is 21.0 Å². The molecule has 2 heterocycles. The van der Waals surface area contributed by atoms with Gasteiger partial charge in [0.2, 0.25) is 0 Å². The first-order chi connectivity index (χ1) is 18.3. The number of aliphatic imine (C=N–C) groups is 2. The van der Waals surface area contributed by atoms with Gasteiger partial charge in [-0.3, -0.25) is 29.8 Å². The van der Waals surface area contributed by atoms with E-state index in [9.17, 15) is 9.59 Å². The van der Waals surface area contributed by atoms with Crippen LogP contribution in [0.1, 0.15) is 22.5 Å². The lowest BCUT2D eigenvalue weighted by molar-refractivity contribution is 0.835. The molecule has 0 atom stereocenters. The Kier molecular flexibility index (Phi) is 7.61. The summed E-state index contributed by atoms with van der Waals surface area (Å²) < 4.78 is 5.18. The predicted molar refractivity (Wildman–Crippen MR) is 169 cm³/mol. The summed E-state index contributed by atoms with van der Waals surface area (Å²) in [5.74, 6) is 0. The summed E-state index contributed by atoms with van der Waals surface area (Å²) in [6.45, 7) is 3.67. The van der Waals surface area contributed by atoms with Crippen LogP contribution in [0.2, 0.25) is 0 Å². The molecule has 0 bridgehead atoms. The maximum atomic E-state index is 13.1. The number of H-pyrrole nitrogens is 2. The van der Waals surface area contributed by atoms with Gasteiger partial charge in [0.15, 0.2) is 0 Å². The van der Waals surface area contributed by atoms with Gasteiger partial charge in [0.25, 0.3) is 11.1 Å². The van der Waals surface area contributed by atoms with Crippen LogP contribution in [0.3, 0.4) is 0 Å². The van der Waals surface area contributed by atoms with Crippen molar-refractivity contribution in [3.8, 4) is 11.4 Å². The van der Waals surface area contributed by atoms with Gasteiger partial charge in [-0.15, -0.1) is 0 Å². The molecule has 0 amide bonds. The number of para-hydroxylation sites is 2. The standard InChI is InChI=1S/C28H22I2N6O2/c1-17-23(27(37)35(33-17)21-11-7-19(29)8-12-21)15-31-25-5-3-4-6-26(25)32-16-24-18(2)34-36(28(24)38)22-13-9-20(30)10-14-22/h3-16,33-34H,1-2H3. The molecule has 2 aromatic heterocycles. The number of hydrogen-bond donors (Lipinski definition) is 2. The molecule has 0 aliphatic rings. The number of aryl methyl sites for hydroxylation is 2. The third kappa shape index (κ3) is 5.36. The molecule has 0 fully saturated rings. The second-order valence-electron chi connectivity index (χ2n) is 8.54. The predicted octanol–water partition coefficient (Wildman–Crippen LogP) is 5.97. The van der Waals surface area contributed by atoms with Crippen molar-refractivity contribution in [2.75, 3.05) is 0 Å². The van der Waals surface area contributed by atoms with E-state index in [1.165, 1.54) is 9.36 Å². The van der Waals surface area contributed by atoms with Gasteiger partial charge in [-0.2, -0.15) is 0 Å². The summed E-state index contributed by atoms with van der Waals surface area (Å²) in [6, 6.07) is 22.7. The molecule has 0 aliphatic heterocycles. The number of aromatic amines is 2. The van der Waals surface area contributed by atoms with E-state index in [4.69, 9.17) is 0 Å². The molecule has 0 unspecified atom stereocenters. The molecule has 0 aliphatic carbocycles. The molecule has 0 saturated carbocycles. The molecule has 0 spiro atoms. The minimum absolute atomic E-state index is 0.187. The number of aromatic nitrogens is 4. The van der Waals surface area contributed by atoms with Crippen molar-refractivity contribution in [3.63, 3.8) is 0 Å². The molecule has 2 N–H and O–H groups in total. The van der Waals surface area contributed by atoms with Crippen molar-refractivity contribution >= 4 is 69.0 Å². The lowest BCUT2D eigenvalue weighted by Crippen LogP contribution is -2.17. The highest BCUT2D eigenvalue weighted by atomic mass is 127. The van der Waals surface area contributed by atoms with Gasteiger partial charge in [-0.25, -0.2) is 9.36 Å². The van der Waals surface area contributed by atoms with Gasteiger partial charge in [0.1, 0.15) is 0 Å². The van der Waals surface area contributed by atoms with Crippen LogP contribution in [-0.2, 0) is 0 Å². The minimum atomic E-state index is -0.187. The molecule has 0 radical (unpaired) electrons. The fourth-order valence-corrected chi connectivity index (χ4v) is 4.64. The van der Waals surface area contributed by atoms with E-state index in [2.05, 4.69) is 65.4 Å². The Morgan fingerprint density at radius 3 is 1.37 bits per heavy atom. The normalized spacial score (nSPS) is 11.7. The van der Waals surface area contributed by atoms with E-state index in [1.807, 2.05) is 86.6 Å². The first-order valence-electron chi connectivity index (χ1n) is 11.6. The van der Waals surface area contributed by atoms with Crippen LogP contribution < -0.4 is 11.1 Å². The average Bonchev–Trinajstić information content (AvgIpc) is 3.36. The van der Waals surface area contributed by atoms with Gasteiger partial charge >= 0.3 is 0 Å². The monoisotopic (exact) mass is 728 g/mol. The fourth-order valence-electron chi connectivity index (χ4n) is 3.92. The SMILES string of the molecule is Cc1[nH]n(-c2ccc(I)cc2)c(=O)c1C=Nc1ccccc1N=Cc1c(C)[nH]n(-c2ccc(I)cc2)c1=O. The fraction of sp³-hybridized carbons (Fsp3) is 0.0714. The summed E-state index contributed by atoms with van der Waals surface area (Å²) in [6.07, 6.45) is 3.11. The highest BCUT2D eigenvalue weighted by Crippen LogP contribution is 2.27. The van der Waals surface area contributed by atoms with Crippen LogP contribution in [0.25, 0.3) is 11.4 Å². The Hall–Kier alpha value is -3.52. The summed E-state index contributed by atoms with van der Waals surface area (Å²) in [7, 11) is 0. The smallest absolute Gasteiger partial charge is 0.280 e. The number of rotatable bonds is 6. The van der Waals surface area contributed by atoms with Crippen molar-refractivity contribution in [3.05, 3.63) is 123 Å². The maximum absolute atomic E-state index is 13.1. The van der Waals surface area contributed by atoms with E-state index in [-0.39, 0.29) is 11.1 Å². The second kappa shape index (κ2) is 11.1. The topological polar surface area (TPSA) is 100 Å². The molecule has 10 heteroatoms. The van der Waals surface area contributed by atoms with E-state index >= 15 is 0 Å². The third-order valence-corrected chi connectivity index (χ3v) is 7.39. The van der Waals surface area contributed by atoms with Crippen molar-refractivity contribution in [1.82, 2.24) is 19.6 Å². The van der Waals surface area contributed by atoms with Crippen LogP contribution in [-0.4, -0.2) is 32.0 Å². The van der Waals surface area contributed by atoms with Crippen LogP contribution in [0.5, 0.6) is 0 Å². The number of halogens is 2. The molecule has 190 valence electrons. The summed E-state index contributed by atoms with van der Waals surface area (Å²) >= 11 is 4.45. The van der Waals surface area contributed by atoms with Crippen LogP contribution in [0.15, 0.2) is 92.4 Å². The number of nitrogens with one attached hydrogen (secondary N) is 2. The molecule has 5 rings (SSSR count). The minimum Gasteiger partial charge on any atom is -0.295 e. The van der Waals surface area contributed by atoms with Gasteiger partial charge < -0.3 is 0 Å². The number of hydrogen-bond acceptors (Lipinski definition) is 4. The van der Waals surface area contributed by atoms with Crippen LogP contribution >= 0.6 is 45.2 Å². The van der Waals surface area contributed by atoms with Crippen molar-refractivity contribution in [1.29, 1.82) is 0 Å². The summed E-state index contributed by atoms with van der Waals surface area (Å²) in [4.78, 5) is 35.3. The first kappa shape index (κ1) is 26.1. The van der Waals surface area contributed by atoms with Gasteiger partial charge in [0.05, 0.1) is 33.9 Å². The summed E-state index contributed by atoms with van der Waals surface area (Å²) in [5.41, 5.74) is 4.62. The van der Waals surface area contributed by atoms with E-state index in [1.54, 1.807) is 12.4 Å². The van der Waals surface area contributed by atoms with Crippen molar-refractivity contribution in [2.24, 2.45) is 9.98 Å². The summed E-state index contributed by atoms with van der Waals surface area (Å²) in [5, 5.41) is 6.23. The Bertz CT molecular complexity index is 1660. The largest absolute Gasteiger partial charge is 0.295 e. The Morgan fingerprint density at radius 1 is 0.632 bits per heavy atom. The van der Waals surface area contributed by atoms with Gasteiger partial charge in [-0.05, 0) is 120 Å². The number of benzene rings is 3. The number of nitrogens with zero attached hydrogens (tertiary/aromatic N) is 4. The molecule has 38 heavy (non-hydrogen) atoms. The maximum Gasteiger partial charge on any atom is 0.280 e. The molecule has 0 saturated heterocycles. The zero-order valence-electron chi connectivity index (χ0n) is 20.4. The zero-order valence-corrected chi connectivity index (χ0v) is 24.8. The van der Waals surface area contributed by atoms with E-state index in [0.29, 0.717) is 33.9 Å². The second-order valence-corrected chi connectivity index (χ2v) is 11.0. The molecule has 3 aromatic carbocycles. The zero-order chi connectivity index (χ0) is 26.8. The highest BCUT2D eigenvalue weighted by Gasteiger charge is 2.12. The molecule has 5 aromatic rings. The molecule has 8 nitrogen and oxygen atoms in total. The Labute approximate surface area is 245 Å². The van der Waals surface area contributed by atoms with Crippen LogP contribution in [0.4, 0.5) is 11.4 Å². The van der Waals surface area contributed by atoms with E-state index in [0.717, 1.165) is 18.5 Å². The third-order valence-electron chi connectivity index (χ3n) is 5.95. The Morgan fingerprint density at radius 2 is 1.00 bits per heavy atom. The molecular weight excluding hydrogens is 706 g/mol. The lowest BCUT2D eigenvalue weighted by Gasteiger charge is -2.01.